The number of carbonyl (C=O) groups excluding carboxylic acids is 2. The lowest BCUT2D eigenvalue weighted by atomic mass is 10.1. The molecule has 3 aliphatic heterocycles. The van der Waals surface area contributed by atoms with E-state index in [4.69, 9.17) is 9.73 Å². The van der Waals surface area contributed by atoms with Crippen LogP contribution in [0.5, 0.6) is 0 Å². The smallest absolute Gasteiger partial charge is 0.417 e. The Kier molecular flexibility index (Phi) is 6.07. The third kappa shape index (κ3) is 4.42. The van der Waals surface area contributed by atoms with Gasteiger partial charge in [-0.3, -0.25) is 9.69 Å². The van der Waals surface area contributed by atoms with Gasteiger partial charge in [-0.15, -0.1) is 11.3 Å². The molecule has 0 aliphatic carbocycles. The van der Waals surface area contributed by atoms with Crippen LogP contribution in [0.3, 0.4) is 0 Å². The van der Waals surface area contributed by atoms with E-state index in [1.165, 1.54) is 15.3 Å². The van der Waals surface area contributed by atoms with Crippen molar-refractivity contribution in [1.82, 2.24) is 14.7 Å². The summed E-state index contributed by atoms with van der Waals surface area (Å²) >= 11 is 1.77. The standard InChI is InChI=1S/C25H31N5O3S/c1-17-16-18-21(26-19-8-4-5-9-20(19)27-22(18)34-17)29-14-12-28(13-15-29)10-6-7-11-30-23(31)25(2,3)33-24(30)32/h4-5,8-9,16,27H,6-7,10-15H2,1-3H3. The lowest BCUT2D eigenvalue weighted by Crippen LogP contribution is -2.49. The number of aryl methyl sites for hydroxylation is 1. The number of unbranched alkanes of at least 4 members (excludes halogenated alkanes) is 1. The molecule has 0 spiro atoms. The SMILES string of the molecule is Cc1cc2c(s1)Nc1ccccc1N=C2N1CCN(CCCCN2C(=O)OC(C)(C)C2=O)CC1. The molecule has 0 bridgehead atoms. The van der Waals surface area contributed by atoms with Crippen LogP contribution >= 0.6 is 11.3 Å². The number of aliphatic imine (C=N–C) groups is 1. The number of anilines is 2. The number of cyclic esters (lactones) is 1. The molecular formula is C25H31N5O3S. The zero-order chi connectivity index (χ0) is 23.9. The molecule has 4 heterocycles. The first-order valence-electron chi connectivity index (χ1n) is 11.9. The Bertz CT molecular complexity index is 1130. The van der Waals surface area contributed by atoms with E-state index in [0.717, 1.165) is 67.8 Å². The largest absolute Gasteiger partial charge is 0.433 e. The Morgan fingerprint density at radius 1 is 1.09 bits per heavy atom. The predicted octanol–water partition coefficient (Wildman–Crippen LogP) is 4.35. The molecule has 2 saturated heterocycles. The molecule has 2 aromatic rings. The number of rotatable bonds is 5. The Labute approximate surface area is 204 Å². The van der Waals surface area contributed by atoms with Gasteiger partial charge in [-0.25, -0.2) is 14.7 Å². The summed E-state index contributed by atoms with van der Waals surface area (Å²) in [4.78, 5) is 36.6. The van der Waals surface area contributed by atoms with Gasteiger partial charge in [0.15, 0.2) is 5.60 Å². The second-order valence-corrected chi connectivity index (χ2v) is 10.8. The molecule has 9 heteroatoms. The third-order valence-electron chi connectivity index (χ3n) is 6.58. The molecule has 0 saturated carbocycles. The first kappa shape index (κ1) is 22.9. The van der Waals surface area contributed by atoms with Crippen molar-refractivity contribution in [1.29, 1.82) is 0 Å². The topological polar surface area (TPSA) is 77.5 Å². The molecule has 1 aromatic heterocycles. The summed E-state index contributed by atoms with van der Waals surface area (Å²) in [5, 5.41) is 4.73. The maximum atomic E-state index is 12.3. The number of imide groups is 1. The van der Waals surface area contributed by atoms with Crippen molar-refractivity contribution < 1.29 is 14.3 Å². The van der Waals surface area contributed by atoms with Crippen LogP contribution in [0.15, 0.2) is 35.3 Å². The van der Waals surface area contributed by atoms with E-state index >= 15 is 0 Å². The summed E-state index contributed by atoms with van der Waals surface area (Å²) in [6, 6.07) is 10.4. The monoisotopic (exact) mass is 481 g/mol. The van der Waals surface area contributed by atoms with E-state index in [2.05, 4.69) is 40.2 Å². The highest BCUT2D eigenvalue weighted by molar-refractivity contribution is 7.16. The molecule has 180 valence electrons. The van der Waals surface area contributed by atoms with Gasteiger partial charge in [0.1, 0.15) is 10.8 Å². The fraction of sp³-hybridized carbons (Fsp3) is 0.480. The van der Waals surface area contributed by atoms with Crippen molar-refractivity contribution in [2.75, 3.05) is 44.6 Å². The van der Waals surface area contributed by atoms with E-state index in [1.807, 2.05) is 12.1 Å². The fourth-order valence-corrected chi connectivity index (χ4v) is 5.61. The number of nitrogens with one attached hydrogen (secondary N) is 1. The van der Waals surface area contributed by atoms with Crippen LogP contribution < -0.4 is 5.32 Å². The van der Waals surface area contributed by atoms with Crippen LogP contribution in [0.2, 0.25) is 0 Å². The number of nitrogens with zero attached hydrogens (tertiary/aromatic N) is 4. The van der Waals surface area contributed by atoms with Gasteiger partial charge in [-0.2, -0.15) is 0 Å². The third-order valence-corrected chi connectivity index (χ3v) is 7.54. The second-order valence-electron chi connectivity index (χ2n) is 9.55. The van der Waals surface area contributed by atoms with Crippen LogP contribution in [-0.4, -0.2) is 77.4 Å². The highest BCUT2D eigenvalue weighted by Gasteiger charge is 2.46. The number of piperazine rings is 1. The quantitative estimate of drug-likeness (QED) is 0.640. The van der Waals surface area contributed by atoms with Crippen LogP contribution in [0, 0.1) is 6.92 Å². The number of ether oxygens (including phenoxy) is 1. The Hall–Kier alpha value is -2.91. The number of para-hydroxylation sites is 2. The Morgan fingerprint density at radius 2 is 1.82 bits per heavy atom. The number of carbonyl (C=O) groups is 2. The van der Waals surface area contributed by atoms with Crippen LogP contribution in [0.25, 0.3) is 0 Å². The minimum absolute atomic E-state index is 0.241. The molecular weight excluding hydrogens is 450 g/mol. The number of hydrogen-bond acceptors (Lipinski definition) is 8. The lowest BCUT2D eigenvalue weighted by molar-refractivity contribution is -0.134. The molecule has 1 aromatic carbocycles. The van der Waals surface area contributed by atoms with Gasteiger partial charge in [-0.05, 0) is 58.4 Å². The van der Waals surface area contributed by atoms with Crippen molar-refractivity contribution >= 4 is 45.5 Å². The summed E-state index contributed by atoms with van der Waals surface area (Å²) in [6.07, 6.45) is 1.19. The number of thiophene rings is 1. The number of fused-ring (bicyclic) bond motifs is 2. The first-order valence-corrected chi connectivity index (χ1v) is 12.7. The van der Waals surface area contributed by atoms with E-state index in [0.29, 0.717) is 6.54 Å². The maximum absolute atomic E-state index is 12.3. The first-order chi connectivity index (χ1) is 16.3. The molecule has 2 amide bonds. The highest BCUT2D eigenvalue weighted by atomic mass is 32.1. The fourth-order valence-electron chi connectivity index (χ4n) is 4.69. The maximum Gasteiger partial charge on any atom is 0.417 e. The number of hydrogen-bond donors (Lipinski definition) is 1. The van der Waals surface area contributed by atoms with Crippen molar-refractivity contribution in [3.63, 3.8) is 0 Å². The minimum atomic E-state index is -1.04. The van der Waals surface area contributed by atoms with Gasteiger partial charge in [0.2, 0.25) is 0 Å². The van der Waals surface area contributed by atoms with E-state index < -0.39 is 11.7 Å². The van der Waals surface area contributed by atoms with Crippen LogP contribution in [-0.2, 0) is 9.53 Å². The van der Waals surface area contributed by atoms with Crippen LogP contribution in [0.4, 0.5) is 21.2 Å². The number of amidine groups is 1. The normalized spacial score (nSPS) is 19.8. The van der Waals surface area contributed by atoms with Crippen molar-refractivity contribution in [2.45, 2.75) is 39.2 Å². The van der Waals surface area contributed by atoms with E-state index in [1.54, 1.807) is 25.2 Å². The predicted molar refractivity (Wildman–Crippen MR) is 134 cm³/mol. The average molecular weight is 482 g/mol. The molecule has 8 nitrogen and oxygen atoms in total. The van der Waals surface area contributed by atoms with Gasteiger partial charge in [0.05, 0.1) is 16.9 Å². The second kappa shape index (κ2) is 9.03. The molecule has 34 heavy (non-hydrogen) atoms. The molecule has 0 atom stereocenters. The molecule has 1 N–H and O–H groups in total. The van der Waals surface area contributed by atoms with Crippen molar-refractivity contribution in [2.24, 2.45) is 4.99 Å². The zero-order valence-corrected chi connectivity index (χ0v) is 20.8. The van der Waals surface area contributed by atoms with Gasteiger partial charge in [-0.1, -0.05) is 12.1 Å². The summed E-state index contributed by atoms with van der Waals surface area (Å²) < 4.78 is 5.15. The molecule has 3 aliphatic rings. The van der Waals surface area contributed by atoms with Crippen LogP contribution in [0.1, 0.15) is 37.1 Å². The molecule has 5 rings (SSSR count). The molecule has 0 unspecified atom stereocenters. The summed E-state index contributed by atoms with van der Waals surface area (Å²) in [6.45, 7) is 10.5. The van der Waals surface area contributed by atoms with E-state index in [-0.39, 0.29) is 5.91 Å². The summed E-state index contributed by atoms with van der Waals surface area (Å²) in [5.74, 6) is 0.805. The minimum Gasteiger partial charge on any atom is -0.433 e. The Morgan fingerprint density at radius 3 is 2.56 bits per heavy atom. The van der Waals surface area contributed by atoms with Gasteiger partial charge in [0.25, 0.3) is 5.91 Å². The zero-order valence-electron chi connectivity index (χ0n) is 20.0. The van der Waals surface area contributed by atoms with E-state index in [9.17, 15) is 9.59 Å². The van der Waals surface area contributed by atoms with Crippen molar-refractivity contribution in [3.8, 4) is 0 Å². The summed E-state index contributed by atoms with van der Waals surface area (Å²) in [5.41, 5.74) is 2.16. The lowest BCUT2D eigenvalue weighted by Gasteiger charge is -2.36. The number of benzene rings is 1. The van der Waals surface area contributed by atoms with Gasteiger partial charge < -0.3 is 15.0 Å². The Balaban J connectivity index is 1.17. The van der Waals surface area contributed by atoms with Crippen molar-refractivity contribution in [3.05, 3.63) is 40.8 Å². The highest BCUT2D eigenvalue weighted by Crippen LogP contribution is 2.39. The number of amides is 2. The van der Waals surface area contributed by atoms with Gasteiger partial charge in [0, 0.05) is 37.6 Å². The average Bonchev–Trinajstić information content (AvgIpc) is 3.20. The molecule has 2 fully saturated rings. The molecule has 0 radical (unpaired) electrons. The van der Waals surface area contributed by atoms with Gasteiger partial charge >= 0.3 is 6.09 Å². The summed E-state index contributed by atoms with van der Waals surface area (Å²) in [7, 11) is 0.